The Labute approximate surface area is 121 Å². The van der Waals surface area contributed by atoms with Gasteiger partial charge in [-0.1, -0.05) is 13.3 Å². The van der Waals surface area contributed by atoms with Crippen LogP contribution in [0.3, 0.4) is 0 Å². The number of carbonyl (C=O) groups excluding carboxylic acids is 1. The molecule has 0 aliphatic carbocycles. The van der Waals surface area contributed by atoms with E-state index in [2.05, 4.69) is 20.5 Å². The molecule has 2 rings (SSSR count). The number of nitrogens with two attached hydrogens (primary N) is 1. The van der Waals surface area contributed by atoms with Crippen molar-refractivity contribution in [2.45, 2.75) is 39.2 Å². The van der Waals surface area contributed by atoms with E-state index < -0.39 is 5.54 Å². The van der Waals surface area contributed by atoms with Crippen LogP contribution in [-0.2, 0) is 12.0 Å². The number of carbonyl (C=O) groups is 1. The summed E-state index contributed by atoms with van der Waals surface area (Å²) in [4.78, 5) is 16.5. The quantitative estimate of drug-likeness (QED) is 0.786. The lowest BCUT2D eigenvalue weighted by atomic mass is 10.1. The first-order chi connectivity index (χ1) is 9.45. The molecule has 0 unspecified atom stereocenters. The van der Waals surface area contributed by atoms with Crippen molar-refractivity contribution >= 4 is 22.9 Å². The lowest BCUT2D eigenvalue weighted by Gasteiger charge is -2.23. The summed E-state index contributed by atoms with van der Waals surface area (Å²) in [6.45, 7) is 5.85. The predicted octanol–water partition coefficient (Wildman–Crippen LogP) is 2.07. The van der Waals surface area contributed by atoms with Crippen molar-refractivity contribution in [1.29, 1.82) is 0 Å². The molecular weight excluding hydrogens is 274 g/mol. The number of nitrogens with one attached hydrogen (secondary N) is 2. The van der Waals surface area contributed by atoms with E-state index in [1.165, 1.54) is 11.3 Å². The van der Waals surface area contributed by atoms with Gasteiger partial charge in [0.05, 0.1) is 16.9 Å². The summed E-state index contributed by atoms with van der Waals surface area (Å²) in [5.41, 5.74) is 6.89. The van der Waals surface area contributed by atoms with Crippen molar-refractivity contribution < 1.29 is 4.79 Å². The molecule has 0 bridgehead atoms. The molecule has 0 aliphatic rings. The normalized spacial score (nSPS) is 11.6. The lowest BCUT2D eigenvalue weighted by molar-refractivity contribution is 0.0907. The number of anilines is 1. The van der Waals surface area contributed by atoms with E-state index in [0.29, 0.717) is 5.69 Å². The number of hydrogen-bond acceptors (Lipinski definition) is 5. The molecule has 0 spiro atoms. The summed E-state index contributed by atoms with van der Waals surface area (Å²) < 4.78 is 0. The molecule has 1 amide bonds. The van der Waals surface area contributed by atoms with E-state index in [1.807, 2.05) is 26.2 Å². The van der Waals surface area contributed by atoms with Crippen LogP contribution in [0.15, 0.2) is 11.6 Å². The third kappa shape index (κ3) is 2.82. The summed E-state index contributed by atoms with van der Waals surface area (Å²) in [6.07, 6.45) is 3.44. The van der Waals surface area contributed by atoms with Crippen molar-refractivity contribution in [3.8, 4) is 0 Å². The first kappa shape index (κ1) is 14.5. The number of H-pyrrole nitrogens is 1. The number of amides is 1. The minimum atomic E-state index is -0.554. The Kier molecular flexibility index (Phi) is 4.08. The fourth-order valence-electron chi connectivity index (χ4n) is 1.93. The van der Waals surface area contributed by atoms with Gasteiger partial charge in [0.2, 0.25) is 0 Å². The summed E-state index contributed by atoms with van der Waals surface area (Å²) in [5, 5.41) is 12.5. The van der Waals surface area contributed by atoms with Crippen LogP contribution in [0.5, 0.6) is 0 Å². The van der Waals surface area contributed by atoms with Gasteiger partial charge in [0.25, 0.3) is 5.91 Å². The van der Waals surface area contributed by atoms with Crippen LogP contribution in [0, 0.1) is 0 Å². The summed E-state index contributed by atoms with van der Waals surface area (Å²) >= 11 is 1.50. The molecule has 6 nitrogen and oxygen atoms in total. The van der Waals surface area contributed by atoms with Gasteiger partial charge in [-0.15, -0.1) is 11.3 Å². The van der Waals surface area contributed by atoms with E-state index in [-0.39, 0.29) is 11.6 Å². The fourth-order valence-corrected chi connectivity index (χ4v) is 2.65. The molecular formula is C13H19N5OS. The van der Waals surface area contributed by atoms with E-state index in [9.17, 15) is 4.79 Å². The van der Waals surface area contributed by atoms with Crippen molar-refractivity contribution in [2.75, 3.05) is 5.73 Å². The second-order valence-corrected chi connectivity index (χ2v) is 6.03. The molecule has 0 aliphatic heterocycles. The van der Waals surface area contributed by atoms with Crippen LogP contribution >= 0.6 is 11.3 Å². The zero-order chi connectivity index (χ0) is 14.8. The molecule has 20 heavy (non-hydrogen) atoms. The van der Waals surface area contributed by atoms with Gasteiger partial charge in [-0.2, -0.15) is 5.10 Å². The zero-order valence-corrected chi connectivity index (χ0v) is 12.7. The Hall–Kier alpha value is -1.89. The molecule has 0 fully saturated rings. The maximum atomic E-state index is 12.3. The molecule has 0 saturated heterocycles. The Morgan fingerprint density at radius 3 is 2.90 bits per heavy atom. The molecule has 2 aromatic heterocycles. The van der Waals surface area contributed by atoms with E-state index >= 15 is 0 Å². The Morgan fingerprint density at radius 2 is 2.30 bits per heavy atom. The highest BCUT2D eigenvalue weighted by Gasteiger charge is 2.28. The number of rotatable bonds is 5. The number of thiazole rings is 1. The van der Waals surface area contributed by atoms with Crippen LogP contribution in [0.4, 0.5) is 5.69 Å². The predicted molar refractivity (Wildman–Crippen MR) is 79.6 cm³/mol. The lowest BCUT2D eigenvalue weighted by Crippen LogP contribution is -2.41. The number of aryl methyl sites for hydroxylation is 1. The Balaban J connectivity index is 2.16. The van der Waals surface area contributed by atoms with Crippen LogP contribution in [0.2, 0.25) is 0 Å². The number of aromatic nitrogens is 3. The maximum absolute atomic E-state index is 12.3. The van der Waals surface area contributed by atoms with Crippen LogP contribution in [-0.4, -0.2) is 21.1 Å². The molecule has 0 radical (unpaired) electrons. The van der Waals surface area contributed by atoms with Crippen molar-refractivity contribution in [2.24, 2.45) is 0 Å². The number of nitrogens with zero attached hydrogens (tertiary/aromatic N) is 2. The van der Waals surface area contributed by atoms with E-state index in [1.54, 1.807) is 6.20 Å². The first-order valence-corrected chi connectivity index (χ1v) is 7.39. The minimum Gasteiger partial charge on any atom is -0.395 e. The summed E-state index contributed by atoms with van der Waals surface area (Å²) in [7, 11) is 0. The van der Waals surface area contributed by atoms with Crippen LogP contribution in [0.25, 0.3) is 0 Å². The number of nitrogen functional groups attached to an aromatic ring is 1. The maximum Gasteiger partial charge on any atom is 0.274 e. The Morgan fingerprint density at radius 1 is 1.55 bits per heavy atom. The Bertz CT molecular complexity index is 588. The van der Waals surface area contributed by atoms with Gasteiger partial charge in [0.15, 0.2) is 5.69 Å². The van der Waals surface area contributed by atoms with Gasteiger partial charge >= 0.3 is 0 Å². The van der Waals surface area contributed by atoms with Crippen molar-refractivity contribution in [3.05, 3.63) is 28.0 Å². The molecule has 0 saturated carbocycles. The fraction of sp³-hybridized carbons (Fsp3) is 0.462. The average molecular weight is 293 g/mol. The molecule has 108 valence electrons. The zero-order valence-electron chi connectivity index (χ0n) is 11.9. The second-order valence-electron chi connectivity index (χ2n) is 5.13. The van der Waals surface area contributed by atoms with Gasteiger partial charge in [0, 0.05) is 11.6 Å². The molecule has 2 aromatic rings. The van der Waals surface area contributed by atoms with Gasteiger partial charge in [-0.3, -0.25) is 9.89 Å². The molecule has 2 heterocycles. The molecule has 0 atom stereocenters. The van der Waals surface area contributed by atoms with Crippen LogP contribution < -0.4 is 11.1 Å². The monoisotopic (exact) mass is 293 g/mol. The SMILES string of the molecule is CCCc1[nH]nc(C(=O)NC(C)(C)c2nccs2)c1N. The third-order valence-electron chi connectivity index (χ3n) is 2.99. The molecule has 4 N–H and O–H groups in total. The standard InChI is InChI=1S/C13H19N5OS/c1-4-5-8-9(14)10(18-17-8)11(19)16-13(2,3)12-15-6-7-20-12/h6-7H,4-5,14H2,1-3H3,(H,16,19)(H,17,18). The van der Waals surface area contributed by atoms with Gasteiger partial charge in [0.1, 0.15) is 5.01 Å². The first-order valence-electron chi connectivity index (χ1n) is 6.51. The number of aromatic amines is 1. The molecule has 0 aromatic carbocycles. The van der Waals surface area contributed by atoms with Gasteiger partial charge < -0.3 is 11.1 Å². The number of hydrogen-bond donors (Lipinski definition) is 3. The largest absolute Gasteiger partial charge is 0.395 e. The van der Waals surface area contributed by atoms with Crippen molar-refractivity contribution in [3.63, 3.8) is 0 Å². The minimum absolute atomic E-state index is 0.248. The van der Waals surface area contributed by atoms with Gasteiger partial charge in [-0.25, -0.2) is 4.98 Å². The summed E-state index contributed by atoms with van der Waals surface area (Å²) in [6, 6.07) is 0. The van der Waals surface area contributed by atoms with Gasteiger partial charge in [-0.05, 0) is 20.3 Å². The van der Waals surface area contributed by atoms with Crippen LogP contribution in [0.1, 0.15) is 48.4 Å². The highest BCUT2D eigenvalue weighted by molar-refractivity contribution is 7.09. The molecule has 7 heteroatoms. The average Bonchev–Trinajstić information content (AvgIpc) is 3.00. The third-order valence-corrected chi connectivity index (χ3v) is 4.09. The van der Waals surface area contributed by atoms with E-state index in [4.69, 9.17) is 5.73 Å². The highest BCUT2D eigenvalue weighted by atomic mass is 32.1. The van der Waals surface area contributed by atoms with Crippen molar-refractivity contribution in [1.82, 2.24) is 20.5 Å². The topological polar surface area (TPSA) is 96.7 Å². The summed E-state index contributed by atoms with van der Waals surface area (Å²) in [5.74, 6) is -0.290. The second kappa shape index (κ2) is 5.62. The smallest absolute Gasteiger partial charge is 0.274 e. The highest BCUT2D eigenvalue weighted by Crippen LogP contribution is 2.23. The van der Waals surface area contributed by atoms with E-state index in [0.717, 1.165) is 23.5 Å².